The maximum Gasteiger partial charge on any atom is 0.125 e. The Balaban J connectivity index is 1.96. The van der Waals surface area contributed by atoms with Crippen molar-refractivity contribution >= 4 is 11.6 Å². The molecule has 0 bridgehead atoms. The zero-order valence-corrected chi connectivity index (χ0v) is 15.4. The fraction of sp³-hybridized carbons (Fsp3) is 0.500. The number of aliphatic hydroxyl groups is 1. The molecule has 0 amide bonds. The molecule has 1 heterocycles. The molecule has 6 nitrogen and oxygen atoms in total. The first-order valence-electron chi connectivity index (χ1n) is 8.20. The van der Waals surface area contributed by atoms with Crippen molar-refractivity contribution in [2.45, 2.75) is 25.5 Å². The third-order valence-electron chi connectivity index (χ3n) is 3.69. The highest BCUT2D eigenvalue weighted by Crippen LogP contribution is 2.33. The van der Waals surface area contributed by atoms with E-state index in [0.717, 1.165) is 6.42 Å². The van der Waals surface area contributed by atoms with Gasteiger partial charge in [0.25, 0.3) is 0 Å². The van der Waals surface area contributed by atoms with Crippen molar-refractivity contribution in [1.82, 2.24) is 9.55 Å². The van der Waals surface area contributed by atoms with E-state index in [9.17, 15) is 5.11 Å². The van der Waals surface area contributed by atoms with E-state index in [1.807, 2.05) is 4.57 Å². The van der Waals surface area contributed by atoms with E-state index in [0.29, 0.717) is 49.3 Å². The van der Waals surface area contributed by atoms with Crippen molar-refractivity contribution in [3.63, 3.8) is 0 Å². The number of imidazole rings is 1. The van der Waals surface area contributed by atoms with E-state index in [1.165, 1.54) is 0 Å². The lowest BCUT2D eigenvalue weighted by Gasteiger charge is -2.27. The van der Waals surface area contributed by atoms with Gasteiger partial charge in [-0.25, -0.2) is 4.98 Å². The summed E-state index contributed by atoms with van der Waals surface area (Å²) in [6.07, 6.45) is 5.89. The van der Waals surface area contributed by atoms with Gasteiger partial charge in [0.15, 0.2) is 0 Å². The van der Waals surface area contributed by atoms with Gasteiger partial charge in [0.05, 0.1) is 32.7 Å². The van der Waals surface area contributed by atoms with E-state index in [1.54, 1.807) is 51.0 Å². The number of hydrogen-bond acceptors (Lipinski definition) is 5. The number of hydrogen-bond donors (Lipinski definition) is 1. The normalized spacial score (nSPS) is 13.6. The van der Waals surface area contributed by atoms with Crippen LogP contribution in [0.25, 0.3) is 0 Å². The van der Waals surface area contributed by atoms with Crippen LogP contribution >= 0.6 is 11.6 Å². The number of methoxy groups -OCH3 is 1. The predicted molar refractivity (Wildman–Crippen MR) is 96.1 cm³/mol. The van der Waals surface area contributed by atoms with Crippen LogP contribution < -0.4 is 4.74 Å². The van der Waals surface area contributed by atoms with Gasteiger partial charge in [0.2, 0.25) is 0 Å². The summed E-state index contributed by atoms with van der Waals surface area (Å²) in [5, 5.41) is 11.5. The third kappa shape index (κ3) is 6.32. The molecule has 1 unspecified atom stereocenters. The van der Waals surface area contributed by atoms with Crippen LogP contribution in [-0.4, -0.2) is 48.2 Å². The first-order valence-corrected chi connectivity index (χ1v) is 8.58. The smallest absolute Gasteiger partial charge is 0.125 e. The second-order valence-corrected chi connectivity index (χ2v) is 6.39. The predicted octanol–water partition coefficient (Wildman–Crippen LogP) is 2.88. The fourth-order valence-corrected chi connectivity index (χ4v) is 2.63. The van der Waals surface area contributed by atoms with Gasteiger partial charge < -0.3 is 23.9 Å². The maximum atomic E-state index is 10.9. The molecule has 2 aromatic rings. The van der Waals surface area contributed by atoms with E-state index < -0.39 is 5.60 Å². The van der Waals surface area contributed by atoms with Gasteiger partial charge >= 0.3 is 0 Å². The largest absolute Gasteiger partial charge is 0.493 e. The molecule has 1 aromatic carbocycles. The highest BCUT2D eigenvalue weighted by molar-refractivity contribution is 6.30. The second-order valence-electron chi connectivity index (χ2n) is 5.96. The lowest BCUT2D eigenvalue weighted by molar-refractivity contribution is 0.0344. The Kier molecular flexibility index (Phi) is 7.71. The molecule has 1 atom stereocenters. The Morgan fingerprint density at radius 1 is 1.24 bits per heavy atom. The quantitative estimate of drug-likeness (QED) is 0.618. The SMILES string of the molecule is COCCOCCCOc1ccc(Cl)cc1C(C)(O)Cn1ccnc1. The molecule has 0 saturated carbocycles. The number of nitrogens with zero attached hydrogens (tertiary/aromatic N) is 2. The molecule has 0 fully saturated rings. The highest BCUT2D eigenvalue weighted by Gasteiger charge is 2.28. The van der Waals surface area contributed by atoms with Crippen molar-refractivity contribution in [3.8, 4) is 5.75 Å². The van der Waals surface area contributed by atoms with Gasteiger partial charge in [0.1, 0.15) is 11.4 Å². The summed E-state index contributed by atoms with van der Waals surface area (Å²) in [6.45, 7) is 4.32. The standard InChI is InChI=1S/C18H25ClN2O4/c1-18(22,13-21-7-6-20-14-21)16-12-15(19)4-5-17(16)25-9-3-8-24-11-10-23-2/h4-7,12,14,22H,3,8-11,13H2,1-2H3. The summed E-state index contributed by atoms with van der Waals surface area (Å²) in [4.78, 5) is 4.00. The summed E-state index contributed by atoms with van der Waals surface area (Å²) < 4.78 is 18.0. The molecule has 1 aromatic heterocycles. The lowest BCUT2D eigenvalue weighted by Crippen LogP contribution is -2.28. The van der Waals surface area contributed by atoms with Crippen LogP contribution in [0.3, 0.4) is 0 Å². The molecule has 138 valence electrons. The van der Waals surface area contributed by atoms with Crippen LogP contribution in [0.4, 0.5) is 0 Å². The maximum absolute atomic E-state index is 10.9. The van der Waals surface area contributed by atoms with Crippen molar-refractivity contribution in [3.05, 3.63) is 47.5 Å². The molecule has 0 aliphatic carbocycles. The Labute approximate surface area is 153 Å². The van der Waals surface area contributed by atoms with Crippen molar-refractivity contribution in [2.24, 2.45) is 0 Å². The second kappa shape index (κ2) is 9.77. The van der Waals surface area contributed by atoms with Gasteiger partial charge in [-0.1, -0.05) is 11.6 Å². The summed E-state index contributed by atoms with van der Waals surface area (Å²) >= 11 is 6.12. The van der Waals surface area contributed by atoms with Gasteiger partial charge in [0, 0.05) is 43.1 Å². The molecule has 25 heavy (non-hydrogen) atoms. The first kappa shape index (κ1) is 19.7. The average molecular weight is 369 g/mol. The summed E-state index contributed by atoms with van der Waals surface area (Å²) in [5.41, 5.74) is -0.496. The van der Waals surface area contributed by atoms with Gasteiger partial charge in [-0.2, -0.15) is 0 Å². The molecule has 0 saturated heterocycles. The lowest BCUT2D eigenvalue weighted by atomic mass is 9.95. The highest BCUT2D eigenvalue weighted by atomic mass is 35.5. The Bertz CT molecular complexity index is 632. The minimum absolute atomic E-state index is 0.351. The van der Waals surface area contributed by atoms with Crippen LogP contribution in [0, 0.1) is 0 Å². The Morgan fingerprint density at radius 3 is 2.80 bits per heavy atom. The summed E-state index contributed by atoms with van der Waals surface area (Å²) in [6, 6.07) is 5.28. The van der Waals surface area contributed by atoms with Gasteiger partial charge in [-0.15, -0.1) is 0 Å². The van der Waals surface area contributed by atoms with Crippen molar-refractivity contribution in [1.29, 1.82) is 0 Å². The van der Waals surface area contributed by atoms with Crippen LogP contribution in [0.2, 0.25) is 5.02 Å². The van der Waals surface area contributed by atoms with Gasteiger partial charge in [-0.3, -0.25) is 0 Å². The molecule has 0 aliphatic heterocycles. The Morgan fingerprint density at radius 2 is 2.08 bits per heavy atom. The molecular weight excluding hydrogens is 344 g/mol. The first-order chi connectivity index (χ1) is 12.0. The zero-order valence-electron chi connectivity index (χ0n) is 14.7. The van der Waals surface area contributed by atoms with Crippen LogP contribution in [0.15, 0.2) is 36.9 Å². The van der Waals surface area contributed by atoms with E-state index in [4.69, 9.17) is 25.8 Å². The third-order valence-corrected chi connectivity index (χ3v) is 3.93. The monoisotopic (exact) mass is 368 g/mol. The minimum Gasteiger partial charge on any atom is -0.493 e. The average Bonchev–Trinajstić information content (AvgIpc) is 3.07. The molecule has 0 aliphatic rings. The van der Waals surface area contributed by atoms with E-state index in [-0.39, 0.29) is 0 Å². The summed E-state index contributed by atoms with van der Waals surface area (Å²) in [5.74, 6) is 0.617. The van der Waals surface area contributed by atoms with E-state index in [2.05, 4.69) is 4.98 Å². The fourth-order valence-electron chi connectivity index (χ4n) is 2.46. The number of rotatable bonds is 11. The van der Waals surface area contributed by atoms with Crippen LogP contribution in [0.1, 0.15) is 18.9 Å². The van der Waals surface area contributed by atoms with Crippen molar-refractivity contribution in [2.75, 3.05) is 33.5 Å². The molecule has 2 rings (SSSR count). The molecule has 1 N–H and O–H groups in total. The molecule has 0 radical (unpaired) electrons. The zero-order chi connectivity index (χ0) is 18.1. The van der Waals surface area contributed by atoms with Crippen molar-refractivity contribution < 1.29 is 19.3 Å². The topological polar surface area (TPSA) is 65.7 Å². The minimum atomic E-state index is -1.14. The van der Waals surface area contributed by atoms with Gasteiger partial charge in [-0.05, 0) is 25.1 Å². The Hall–Kier alpha value is -1.60. The number of ether oxygens (including phenoxy) is 3. The molecule has 0 spiro atoms. The number of halogens is 1. The van der Waals surface area contributed by atoms with E-state index >= 15 is 0 Å². The number of aromatic nitrogens is 2. The van der Waals surface area contributed by atoms with Crippen LogP contribution in [-0.2, 0) is 21.6 Å². The van der Waals surface area contributed by atoms with Crippen LogP contribution in [0.5, 0.6) is 5.75 Å². The molecular formula is C18H25ClN2O4. The summed E-state index contributed by atoms with van der Waals surface area (Å²) in [7, 11) is 1.64. The molecule has 7 heteroatoms. The number of benzene rings is 1.